The van der Waals surface area contributed by atoms with Crippen LogP contribution in [0.25, 0.3) is 16.8 Å². The highest BCUT2D eigenvalue weighted by atomic mass is 16.5. The highest BCUT2D eigenvalue weighted by Gasteiger charge is 2.34. The highest BCUT2D eigenvalue weighted by Crippen LogP contribution is 2.39. The van der Waals surface area contributed by atoms with E-state index < -0.39 is 5.91 Å². The number of aryl methyl sites for hydroxylation is 1. The smallest absolute Gasteiger partial charge is 0.273 e. The monoisotopic (exact) mass is 471 g/mol. The van der Waals surface area contributed by atoms with Gasteiger partial charge in [-0.2, -0.15) is 4.98 Å². The van der Waals surface area contributed by atoms with Crippen LogP contribution in [0.15, 0.2) is 59.8 Å². The molecule has 0 fully saturated rings. The Labute approximate surface area is 200 Å². The van der Waals surface area contributed by atoms with Crippen molar-refractivity contribution in [1.29, 1.82) is 0 Å². The number of amides is 3. The van der Waals surface area contributed by atoms with E-state index in [0.29, 0.717) is 22.8 Å². The van der Waals surface area contributed by atoms with Crippen LogP contribution in [0.4, 0.5) is 5.69 Å². The predicted molar refractivity (Wildman–Crippen MR) is 126 cm³/mol. The van der Waals surface area contributed by atoms with Crippen molar-refractivity contribution in [3.63, 3.8) is 0 Å². The van der Waals surface area contributed by atoms with Crippen molar-refractivity contribution in [2.75, 3.05) is 18.6 Å². The lowest BCUT2D eigenvalue weighted by atomic mass is 9.96. The molecular formula is C25H21N5O5. The van der Waals surface area contributed by atoms with Crippen molar-refractivity contribution >= 4 is 29.1 Å². The number of benzene rings is 2. The van der Waals surface area contributed by atoms with Gasteiger partial charge in [-0.1, -0.05) is 36.5 Å². The van der Waals surface area contributed by atoms with Crippen LogP contribution in [0, 0.1) is 6.92 Å². The van der Waals surface area contributed by atoms with Crippen molar-refractivity contribution in [3.05, 3.63) is 78.1 Å². The van der Waals surface area contributed by atoms with Crippen LogP contribution in [0.1, 0.15) is 27.6 Å². The Kier molecular flexibility index (Phi) is 5.20. The van der Waals surface area contributed by atoms with Crippen LogP contribution >= 0.6 is 0 Å². The Morgan fingerprint density at radius 1 is 1.14 bits per heavy atom. The molecule has 10 heteroatoms. The van der Waals surface area contributed by atoms with Gasteiger partial charge in [-0.05, 0) is 41.8 Å². The maximum absolute atomic E-state index is 13.2. The van der Waals surface area contributed by atoms with Crippen LogP contribution < -0.4 is 15.0 Å². The molecule has 35 heavy (non-hydrogen) atoms. The van der Waals surface area contributed by atoms with Gasteiger partial charge in [-0.15, -0.1) is 0 Å². The molecule has 0 saturated carbocycles. The summed E-state index contributed by atoms with van der Waals surface area (Å²) in [7, 11) is 1.70. The largest absolute Gasteiger partial charge is 0.482 e. The molecule has 3 heterocycles. The van der Waals surface area contributed by atoms with E-state index in [0.717, 1.165) is 16.7 Å². The molecule has 3 aromatic rings. The number of anilines is 1. The van der Waals surface area contributed by atoms with Crippen LogP contribution in [0.5, 0.6) is 5.75 Å². The number of hydrogen-bond acceptors (Lipinski definition) is 7. The number of fused-ring (bicyclic) bond motifs is 2. The zero-order valence-electron chi connectivity index (χ0n) is 19.1. The third kappa shape index (κ3) is 3.74. The minimum atomic E-state index is -0.608. The van der Waals surface area contributed by atoms with E-state index in [1.54, 1.807) is 31.0 Å². The van der Waals surface area contributed by atoms with Crippen molar-refractivity contribution in [1.82, 2.24) is 20.4 Å². The van der Waals surface area contributed by atoms with Gasteiger partial charge in [-0.3, -0.25) is 19.3 Å². The van der Waals surface area contributed by atoms with Gasteiger partial charge in [-0.25, -0.2) is 0 Å². The summed E-state index contributed by atoms with van der Waals surface area (Å²) in [6.07, 6.45) is 0. The fraction of sp³-hybridized carbons (Fsp3) is 0.160. The van der Waals surface area contributed by atoms with E-state index in [2.05, 4.69) is 28.6 Å². The molecule has 0 unspecified atom stereocenters. The average molecular weight is 471 g/mol. The van der Waals surface area contributed by atoms with Crippen molar-refractivity contribution in [2.24, 2.45) is 0 Å². The molecule has 5 rings (SSSR count). The number of aromatic nitrogens is 2. The SMILES string of the molecule is C=C(NC(=O)C(=C)N1Cc2c(cccc2-c2ccc3c(c2)OCC(=O)N3C)C1=O)c1nc(C)no1. The van der Waals surface area contributed by atoms with Crippen LogP contribution in [0.3, 0.4) is 0 Å². The normalized spacial score (nSPS) is 14.3. The number of nitrogens with zero attached hydrogens (tertiary/aromatic N) is 4. The standard InChI is InChI=1S/C25H21N5O5/c1-13(24-27-15(3)28-35-24)26-23(32)14(2)30-11-19-17(6-5-7-18(19)25(30)33)16-8-9-20-21(10-16)34-12-22(31)29(20)4/h5-10H,1-2,11-12H2,3-4H3,(H,26,32). The molecule has 0 bridgehead atoms. The molecule has 2 aliphatic rings. The Morgan fingerprint density at radius 3 is 2.66 bits per heavy atom. The molecule has 0 aliphatic carbocycles. The lowest BCUT2D eigenvalue weighted by Gasteiger charge is -2.26. The first-order valence-electron chi connectivity index (χ1n) is 10.7. The topological polar surface area (TPSA) is 118 Å². The van der Waals surface area contributed by atoms with Gasteiger partial charge < -0.3 is 19.5 Å². The van der Waals surface area contributed by atoms with Gasteiger partial charge in [0.05, 0.1) is 17.9 Å². The van der Waals surface area contributed by atoms with E-state index in [-0.39, 0.29) is 42.3 Å². The molecule has 1 N–H and O–H groups in total. The van der Waals surface area contributed by atoms with Crippen LogP contribution in [-0.4, -0.2) is 46.4 Å². The molecule has 3 amide bonds. The summed E-state index contributed by atoms with van der Waals surface area (Å²) in [5.74, 6) is -0.00587. The molecular weight excluding hydrogens is 450 g/mol. The maximum atomic E-state index is 13.2. The molecule has 0 spiro atoms. The first-order valence-corrected chi connectivity index (χ1v) is 10.7. The quantitative estimate of drug-likeness (QED) is 0.569. The summed E-state index contributed by atoms with van der Waals surface area (Å²) in [4.78, 5) is 44.7. The number of hydrogen-bond donors (Lipinski definition) is 1. The Bertz CT molecular complexity index is 1440. The van der Waals surface area contributed by atoms with Crippen molar-refractivity contribution in [2.45, 2.75) is 13.5 Å². The number of carbonyl (C=O) groups excluding carboxylic acids is 3. The number of carbonyl (C=O) groups is 3. The summed E-state index contributed by atoms with van der Waals surface area (Å²) < 4.78 is 10.6. The first-order chi connectivity index (χ1) is 16.7. The second kappa shape index (κ2) is 8.24. The van der Waals surface area contributed by atoms with E-state index in [1.165, 1.54) is 4.90 Å². The highest BCUT2D eigenvalue weighted by molar-refractivity contribution is 6.07. The third-order valence-corrected chi connectivity index (χ3v) is 5.96. The maximum Gasteiger partial charge on any atom is 0.273 e. The van der Waals surface area contributed by atoms with Gasteiger partial charge in [0.1, 0.15) is 11.4 Å². The Hall–Kier alpha value is -4.73. The van der Waals surface area contributed by atoms with E-state index in [9.17, 15) is 14.4 Å². The molecule has 10 nitrogen and oxygen atoms in total. The van der Waals surface area contributed by atoms with Crippen molar-refractivity contribution < 1.29 is 23.6 Å². The fourth-order valence-corrected chi connectivity index (χ4v) is 4.07. The Balaban J connectivity index is 1.39. The van der Waals surface area contributed by atoms with Gasteiger partial charge >= 0.3 is 0 Å². The van der Waals surface area contributed by atoms with E-state index in [4.69, 9.17) is 9.26 Å². The summed E-state index contributed by atoms with van der Waals surface area (Å²) >= 11 is 0. The molecule has 0 radical (unpaired) electrons. The van der Waals surface area contributed by atoms with Gasteiger partial charge in [0.25, 0.3) is 23.6 Å². The predicted octanol–water partition coefficient (Wildman–Crippen LogP) is 2.66. The fourth-order valence-electron chi connectivity index (χ4n) is 4.07. The van der Waals surface area contributed by atoms with Gasteiger partial charge in [0, 0.05) is 12.6 Å². The molecule has 176 valence electrons. The summed E-state index contributed by atoms with van der Waals surface area (Å²) in [5.41, 5.74) is 3.64. The zero-order chi connectivity index (χ0) is 24.9. The second-order valence-corrected chi connectivity index (χ2v) is 8.17. The molecule has 1 aromatic heterocycles. The van der Waals surface area contributed by atoms with E-state index in [1.807, 2.05) is 24.3 Å². The number of ether oxygens (including phenoxy) is 1. The molecule has 2 aliphatic heterocycles. The summed E-state index contributed by atoms with van der Waals surface area (Å²) in [6.45, 7) is 9.34. The molecule has 2 aromatic carbocycles. The second-order valence-electron chi connectivity index (χ2n) is 8.17. The van der Waals surface area contributed by atoms with Gasteiger partial charge in [0.2, 0.25) is 0 Å². The van der Waals surface area contributed by atoms with Crippen LogP contribution in [0.2, 0.25) is 0 Å². The Morgan fingerprint density at radius 2 is 1.91 bits per heavy atom. The lowest BCUT2D eigenvalue weighted by Crippen LogP contribution is -2.35. The molecule has 0 saturated heterocycles. The molecule has 0 atom stereocenters. The van der Waals surface area contributed by atoms with E-state index >= 15 is 0 Å². The lowest BCUT2D eigenvalue weighted by molar-refractivity contribution is -0.121. The summed E-state index contributed by atoms with van der Waals surface area (Å²) in [6, 6.07) is 10.9. The van der Waals surface area contributed by atoms with Gasteiger partial charge in [0.15, 0.2) is 12.4 Å². The minimum absolute atomic E-state index is 0.0322. The first kappa shape index (κ1) is 22.1. The van der Waals surface area contributed by atoms with Crippen LogP contribution in [-0.2, 0) is 16.1 Å². The van der Waals surface area contributed by atoms with Crippen molar-refractivity contribution in [3.8, 4) is 16.9 Å². The number of likely N-dealkylation sites (N-methyl/N-ethyl adjacent to an activating group) is 1. The number of nitrogens with one attached hydrogen (secondary N) is 1. The summed E-state index contributed by atoms with van der Waals surface area (Å²) in [5, 5.41) is 6.22. The zero-order valence-corrected chi connectivity index (χ0v) is 19.1. The average Bonchev–Trinajstić information content (AvgIpc) is 3.44. The third-order valence-electron chi connectivity index (χ3n) is 5.96. The minimum Gasteiger partial charge on any atom is -0.482 e. The number of rotatable bonds is 5.